The van der Waals surface area contributed by atoms with Crippen molar-refractivity contribution in [2.75, 3.05) is 12.4 Å². The van der Waals surface area contributed by atoms with Gasteiger partial charge in [0.1, 0.15) is 11.5 Å². The smallest absolute Gasteiger partial charge is 0.308 e. The maximum Gasteiger partial charge on any atom is 0.308 e. The maximum absolute atomic E-state index is 11.9. The number of benzene rings is 2. The van der Waals surface area contributed by atoms with Crippen LogP contribution in [0.2, 0.25) is 0 Å². The average Bonchev–Trinajstić information content (AvgIpc) is 2.54. The molecule has 0 heterocycles. The van der Waals surface area contributed by atoms with Gasteiger partial charge < -0.3 is 14.8 Å². The molecular formula is C18H17NO4. The first-order chi connectivity index (χ1) is 11.1. The molecule has 0 aromatic heterocycles. The number of amides is 1. The fourth-order valence-corrected chi connectivity index (χ4v) is 1.84. The highest BCUT2D eigenvalue weighted by Gasteiger charge is 2.00. The zero-order valence-corrected chi connectivity index (χ0v) is 12.9. The largest absolute Gasteiger partial charge is 0.497 e. The van der Waals surface area contributed by atoms with Crippen molar-refractivity contribution < 1.29 is 19.1 Å². The molecule has 23 heavy (non-hydrogen) atoms. The van der Waals surface area contributed by atoms with Gasteiger partial charge in [0, 0.05) is 18.7 Å². The molecule has 0 aliphatic carbocycles. The number of hydrogen-bond donors (Lipinski definition) is 1. The summed E-state index contributed by atoms with van der Waals surface area (Å²) >= 11 is 0. The van der Waals surface area contributed by atoms with E-state index in [2.05, 4.69) is 5.32 Å². The Morgan fingerprint density at radius 1 is 0.957 bits per heavy atom. The van der Waals surface area contributed by atoms with Crippen LogP contribution < -0.4 is 14.8 Å². The molecule has 0 fully saturated rings. The Labute approximate surface area is 134 Å². The molecule has 0 unspecified atom stereocenters. The molecule has 0 bridgehead atoms. The summed E-state index contributed by atoms with van der Waals surface area (Å²) in [7, 11) is 1.59. The molecule has 0 spiro atoms. The number of carbonyl (C=O) groups is 2. The number of nitrogens with one attached hydrogen (secondary N) is 1. The minimum atomic E-state index is -0.368. The summed E-state index contributed by atoms with van der Waals surface area (Å²) in [5.41, 5.74) is 1.51. The lowest BCUT2D eigenvalue weighted by Gasteiger charge is -2.04. The molecule has 1 N–H and O–H groups in total. The second kappa shape index (κ2) is 7.79. The van der Waals surface area contributed by atoms with Gasteiger partial charge >= 0.3 is 5.97 Å². The van der Waals surface area contributed by atoms with Gasteiger partial charge in [-0.25, -0.2) is 0 Å². The van der Waals surface area contributed by atoms with Gasteiger partial charge in [0.05, 0.1) is 7.11 Å². The van der Waals surface area contributed by atoms with Crippen molar-refractivity contribution in [3.8, 4) is 11.5 Å². The Morgan fingerprint density at radius 3 is 2.13 bits per heavy atom. The van der Waals surface area contributed by atoms with Gasteiger partial charge in [-0.15, -0.1) is 0 Å². The Balaban J connectivity index is 1.93. The van der Waals surface area contributed by atoms with Gasteiger partial charge in [0.25, 0.3) is 0 Å². The molecule has 2 rings (SSSR count). The Morgan fingerprint density at radius 2 is 1.57 bits per heavy atom. The summed E-state index contributed by atoms with van der Waals surface area (Å²) < 4.78 is 10.00. The van der Waals surface area contributed by atoms with Crippen molar-refractivity contribution in [1.29, 1.82) is 0 Å². The molecule has 2 aromatic rings. The second-order valence-electron chi connectivity index (χ2n) is 4.71. The van der Waals surface area contributed by atoms with E-state index in [0.717, 1.165) is 11.3 Å². The SMILES string of the molecule is COc1ccc(NC(=O)C=Cc2ccc(OC(C)=O)cc2)cc1. The first kappa shape index (κ1) is 16.3. The van der Waals surface area contributed by atoms with Crippen molar-refractivity contribution in [2.45, 2.75) is 6.92 Å². The van der Waals surface area contributed by atoms with Crippen LogP contribution in [-0.4, -0.2) is 19.0 Å². The molecule has 0 saturated heterocycles. The fourth-order valence-electron chi connectivity index (χ4n) is 1.84. The Bertz CT molecular complexity index is 703. The quantitative estimate of drug-likeness (QED) is 0.523. The predicted molar refractivity (Wildman–Crippen MR) is 88.4 cm³/mol. The molecule has 5 nitrogen and oxygen atoms in total. The van der Waals surface area contributed by atoms with Crippen LogP contribution in [-0.2, 0) is 9.59 Å². The number of rotatable bonds is 5. The van der Waals surface area contributed by atoms with Crippen LogP contribution in [0, 0.1) is 0 Å². The van der Waals surface area contributed by atoms with Crippen molar-refractivity contribution in [2.24, 2.45) is 0 Å². The van der Waals surface area contributed by atoms with Crippen LogP contribution in [0.15, 0.2) is 54.6 Å². The van der Waals surface area contributed by atoms with Crippen LogP contribution >= 0.6 is 0 Å². The number of carbonyl (C=O) groups excluding carboxylic acids is 2. The lowest BCUT2D eigenvalue weighted by atomic mass is 10.2. The van der Waals surface area contributed by atoms with Crippen LogP contribution in [0.3, 0.4) is 0 Å². The lowest BCUT2D eigenvalue weighted by Crippen LogP contribution is -2.07. The van der Waals surface area contributed by atoms with Crippen LogP contribution in [0.25, 0.3) is 6.08 Å². The normalized spacial score (nSPS) is 10.3. The van der Waals surface area contributed by atoms with Crippen molar-refractivity contribution >= 4 is 23.6 Å². The van der Waals surface area contributed by atoms with Gasteiger partial charge in [0.2, 0.25) is 5.91 Å². The topological polar surface area (TPSA) is 64.6 Å². The van der Waals surface area contributed by atoms with Gasteiger partial charge in [-0.1, -0.05) is 12.1 Å². The minimum Gasteiger partial charge on any atom is -0.497 e. The Hall–Kier alpha value is -3.08. The van der Waals surface area contributed by atoms with E-state index in [4.69, 9.17) is 9.47 Å². The molecule has 0 aliphatic rings. The number of anilines is 1. The van der Waals surface area contributed by atoms with Crippen molar-refractivity contribution in [3.05, 3.63) is 60.2 Å². The minimum absolute atomic E-state index is 0.237. The number of methoxy groups -OCH3 is 1. The summed E-state index contributed by atoms with van der Waals surface area (Å²) in [5.74, 6) is 0.593. The summed E-state index contributed by atoms with van der Waals surface area (Å²) in [6.07, 6.45) is 3.11. The first-order valence-electron chi connectivity index (χ1n) is 6.98. The zero-order valence-electron chi connectivity index (χ0n) is 12.9. The lowest BCUT2D eigenvalue weighted by molar-refractivity contribution is -0.131. The number of esters is 1. The van der Waals surface area contributed by atoms with E-state index in [0.29, 0.717) is 11.4 Å². The molecule has 118 valence electrons. The molecule has 2 aromatic carbocycles. The highest BCUT2D eigenvalue weighted by atomic mass is 16.5. The Kier molecular flexibility index (Phi) is 5.52. The summed E-state index contributed by atoms with van der Waals surface area (Å²) in [4.78, 5) is 22.7. The zero-order chi connectivity index (χ0) is 16.7. The molecular weight excluding hydrogens is 294 g/mol. The van der Waals surface area contributed by atoms with Crippen LogP contribution in [0.1, 0.15) is 12.5 Å². The van der Waals surface area contributed by atoms with Gasteiger partial charge in [-0.3, -0.25) is 9.59 Å². The third-order valence-electron chi connectivity index (χ3n) is 2.93. The monoisotopic (exact) mass is 311 g/mol. The maximum atomic E-state index is 11.9. The summed E-state index contributed by atoms with van der Waals surface area (Å²) in [6, 6.07) is 13.9. The fraction of sp³-hybridized carbons (Fsp3) is 0.111. The number of ether oxygens (including phenoxy) is 2. The van der Waals surface area contributed by atoms with E-state index in [1.165, 1.54) is 13.0 Å². The van der Waals surface area contributed by atoms with E-state index in [1.807, 2.05) is 0 Å². The average molecular weight is 311 g/mol. The van der Waals surface area contributed by atoms with Gasteiger partial charge in [-0.2, -0.15) is 0 Å². The van der Waals surface area contributed by atoms with Crippen LogP contribution in [0.5, 0.6) is 11.5 Å². The summed E-state index contributed by atoms with van der Waals surface area (Å²) in [6.45, 7) is 1.34. The van der Waals surface area contributed by atoms with E-state index in [-0.39, 0.29) is 11.9 Å². The highest BCUT2D eigenvalue weighted by Crippen LogP contribution is 2.16. The predicted octanol–water partition coefficient (Wildman–Crippen LogP) is 3.27. The van der Waals surface area contributed by atoms with Gasteiger partial charge in [-0.05, 0) is 48.0 Å². The second-order valence-corrected chi connectivity index (χ2v) is 4.71. The van der Waals surface area contributed by atoms with E-state index < -0.39 is 0 Å². The van der Waals surface area contributed by atoms with Crippen molar-refractivity contribution in [1.82, 2.24) is 0 Å². The highest BCUT2D eigenvalue weighted by molar-refractivity contribution is 6.01. The molecule has 0 aliphatic heterocycles. The number of hydrogen-bond acceptors (Lipinski definition) is 4. The van der Waals surface area contributed by atoms with E-state index >= 15 is 0 Å². The van der Waals surface area contributed by atoms with Crippen LogP contribution in [0.4, 0.5) is 5.69 Å². The van der Waals surface area contributed by atoms with Gasteiger partial charge in [0.15, 0.2) is 0 Å². The third-order valence-corrected chi connectivity index (χ3v) is 2.93. The van der Waals surface area contributed by atoms with Crippen molar-refractivity contribution in [3.63, 3.8) is 0 Å². The third kappa shape index (κ3) is 5.32. The standard InChI is InChI=1S/C18H17NO4/c1-13(20)23-17-8-3-14(4-9-17)5-12-18(21)19-15-6-10-16(22-2)11-7-15/h3-12H,1-2H3,(H,19,21). The molecule has 0 saturated carbocycles. The summed E-state index contributed by atoms with van der Waals surface area (Å²) in [5, 5.41) is 2.75. The molecule has 0 atom stereocenters. The molecule has 0 radical (unpaired) electrons. The molecule has 1 amide bonds. The first-order valence-corrected chi connectivity index (χ1v) is 6.98. The molecule has 5 heteroatoms. The van der Waals surface area contributed by atoms with E-state index in [9.17, 15) is 9.59 Å². The van der Waals surface area contributed by atoms with E-state index in [1.54, 1.807) is 61.7 Å².